The Labute approximate surface area is 151 Å². The number of rotatable bonds is 6. The zero-order valence-corrected chi connectivity index (χ0v) is 15.6. The Hall–Kier alpha value is -1.29. The summed E-state index contributed by atoms with van der Waals surface area (Å²) >= 11 is 0. The van der Waals surface area contributed by atoms with Gasteiger partial charge < -0.3 is 10.1 Å². The van der Waals surface area contributed by atoms with E-state index >= 15 is 0 Å². The molecule has 1 heterocycles. The van der Waals surface area contributed by atoms with Crippen LogP contribution in [0.4, 0.5) is 0 Å². The molecule has 132 valence electrons. The molecule has 1 fully saturated rings. The Morgan fingerprint density at radius 3 is 2.50 bits per heavy atom. The molecule has 0 aromatic heterocycles. The second-order valence-corrected chi connectivity index (χ2v) is 6.66. The number of nitrogens with zero attached hydrogens (tertiary/aromatic N) is 1. The highest BCUT2D eigenvalue weighted by Crippen LogP contribution is 2.24. The minimum Gasteiger partial charge on any atom is -0.497 e. The first-order valence-electron chi connectivity index (χ1n) is 8.72. The Morgan fingerprint density at radius 1 is 1.08 bits per heavy atom. The van der Waals surface area contributed by atoms with Gasteiger partial charge >= 0.3 is 0 Å². The molecule has 0 aliphatic carbocycles. The first-order chi connectivity index (χ1) is 11.3. The van der Waals surface area contributed by atoms with Gasteiger partial charge in [-0.1, -0.05) is 18.2 Å². The minimum absolute atomic E-state index is 0. The van der Waals surface area contributed by atoms with Crippen LogP contribution in [0.15, 0.2) is 36.4 Å². The van der Waals surface area contributed by atoms with Crippen LogP contribution in [-0.2, 0) is 6.54 Å². The van der Waals surface area contributed by atoms with Crippen LogP contribution in [0.2, 0.25) is 0 Å². The maximum Gasteiger partial charge on any atom is 0.119 e. The largest absolute Gasteiger partial charge is 0.497 e. The third kappa shape index (κ3) is 4.85. The molecule has 2 aromatic carbocycles. The number of hydrogen-bond donors (Lipinski definition) is 1. The molecule has 1 saturated heterocycles. The molecule has 24 heavy (non-hydrogen) atoms. The number of halogens is 1. The van der Waals surface area contributed by atoms with Crippen molar-refractivity contribution in [2.24, 2.45) is 5.92 Å². The van der Waals surface area contributed by atoms with Gasteiger partial charge in [0.15, 0.2) is 0 Å². The van der Waals surface area contributed by atoms with Gasteiger partial charge in [0.1, 0.15) is 5.75 Å². The summed E-state index contributed by atoms with van der Waals surface area (Å²) in [5, 5.41) is 5.82. The fourth-order valence-corrected chi connectivity index (χ4v) is 3.54. The van der Waals surface area contributed by atoms with Crippen molar-refractivity contribution in [3.05, 3.63) is 42.0 Å². The molecule has 1 aliphatic heterocycles. The van der Waals surface area contributed by atoms with Crippen LogP contribution >= 0.6 is 12.4 Å². The molecule has 1 aliphatic rings. The van der Waals surface area contributed by atoms with Crippen LogP contribution in [0.1, 0.15) is 24.8 Å². The van der Waals surface area contributed by atoms with E-state index in [1.165, 1.54) is 48.7 Å². The van der Waals surface area contributed by atoms with Crippen molar-refractivity contribution in [3.8, 4) is 5.75 Å². The van der Waals surface area contributed by atoms with Crippen LogP contribution in [0.5, 0.6) is 5.75 Å². The molecule has 0 bridgehead atoms. The monoisotopic (exact) mass is 348 g/mol. The molecular formula is C20H29ClN2O. The number of hydrogen-bond acceptors (Lipinski definition) is 3. The van der Waals surface area contributed by atoms with Crippen LogP contribution in [-0.4, -0.2) is 38.7 Å². The first-order valence-corrected chi connectivity index (χ1v) is 8.72. The van der Waals surface area contributed by atoms with E-state index in [-0.39, 0.29) is 12.4 Å². The lowest BCUT2D eigenvalue weighted by Crippen LogP contribution is -2.34. The van der Waals surface area contributed by atoms with Gasteiger partial charge in [0.05, 0.1) is 7.11 Å². The van der Waals surface area contributed by atoms with Gasteiger partial charge in [0.2, 0.25) is 0 Å². The predicted molar refractivity (Wildman–Crippen MR) is 104 cm³/mol. The Bertz CT molecular complexity index is 639. The van der Waals surface area contributed by atoms with Gasteiger partial charge in [-0.2, -0.15) is 0 Å². The van der Waals surface area contributed by atoms with Crippen molar-refractivity contribution in [1.29, 1.82) is 0 Å². The summed E-state index contributed by atoms with van der Waals surface area (Å²) in [6.45, 7) is 4.68. The van der Waals surface area contributed by atoms with Crippen molar-refractivity contribution < 1.29 is 4.74 Å². The normalized spacial score (nSPS) is 16.1. The third-order valence-electron chi connectivity index (χ3n) is 5.03. The molecule has 3 nitrogen and oxygen atoms in total. The standard InChI is InChI=1S/C20H28N2O.ClH/c1-21-10-7-16-8-11-22(12-9-16)15-17-3-4-19-14-20(23-2)6-5-18(19)13-17;/h3-6,13-14,16,21H,7-12,15H2,1-2H3;1H. The van der Waals surface area contributed by atoms with Gasteiger partial charge in [-0.25, -0.2) is 0 Å². The van der Waals surface area contributed by atoms with Crippen LogP contribution in [0.3, 0.4) is 0 Å². The second kappa shape index (κ2) is 9.26. The quantitative estimate of drug-likeness (QED) is 0.850. The molecule has 0 atom stereocenters. The molecule has 0 unspecified atom stereocenters. The van der Waals surface area contributed by atoms with Crippen molar-refractivity contribution in [2.45, 2.75) is 25.8 Å². The highest BCUT2D eigenvalue weighted by molar-refractivity contribution is 5.85. The summed E-state index contributed by atoms with van der Waals surface area (Å²) in [6, 6.07) is 13.1. The fraction of sp³-hybridized carbons (Fsp3) is 0.500. The van der Waals surface area contributed by atoms with Crippen LogP contribution in [0, 0.1) is 5.92 Å². The van der Waals surface area contributed by atoms with Crippen molar-refractivity contribution in [1.82, 2.24) is 10.2 Å². The molecular weight excluding hydrogens is 320 g/mol. The maximum absolute atomic E-state index is 5.30. The van der Waals surface area contributed by atoms with Crippen molar-refractivity contribution >= 4 is 23.2 Å². The lowest BCUT2D eigenvalue weighted by molar-refractivity contribution is 0.172. The molecule has 3 rings (SSSR count). The van der Waals surface area contributed by atoms with Crippen molar-refractivity contribution in [3.63, 3.8) is 0 Å². The SMILES string of the molecule is CNCCC1CCN(Cc2ccc3cc(OC)ccc3c2)CC1.Cl. The van der Waals surface area contributed by atoms with Gasteiger partial charge in [0.25, 0.3) is 0 Å². The minimum atomic E-state index is 0. The van der Waals surface area contributed by atoms with Gasteiger partial charge in [-0.15, -0.1) is 12.4 Å². The zero-order valence-electron chi connectivity index (χ0n) is 14.8. The summed E-state index contributed by atoms with van der Waals surface area (Å²) in [5.41, 5.74) is 1.41. The number of benzene rings is 2. The molecule has 0 amide bonds. The predicted octanol–water partition coefficient (Wildman–Crippen LogP) is 4.09. The number of nitrogens with one attached hydrogen (secondary N) is 1. The van der Waals surface area contributed by atoms with E-state index in [9.17, 15) is 0 Å². The van der Waals surface area contributed by atoms with Gasteiger partial charge in [-0.05, 0) is 86.4 Å². The smallest absolute Gasteiger partial charge is 0.119 e. The molecule has 1 N–H and O–H groups in total. The van der Waals surface area contributed by atoms with E-state index in [1.54, 1.807) is 7.11 Å². The summed E-state index contributed by atoms with van der Waals surface area (Å²) in [6.07, 6.45) is 4.00. The average molecular weight is 349 g/mol. The zero-order chi connectivity index (χ0) is 16.1. The summed E-state index contributed by atoms with van der Waals surface area (Å²) in [7, 11) is 3.76. The number of fused-ring (bicyclic) bond motifs is 1. The number of likely N-dealkylation sites (tertiary alicyclic amines) is 1. The number of methoxy groups -OCH3 is 1. The lowest BCUT2D eigenvalue weighted by atomic mass is 9.93. The highest BCUT2D eigenvalue weighted by atomic mass is 35.5. The first kappa shape index (κ1) is 19.0. The second-order valence-electron chi connectivity index (χ2n) is 6.66. The Kier molecular flexibility index (Phi) is 7.35. The topological polar surface area (TPSA) is 24.5 Å². The van der Waals surface area contributed by atoms with Gasteiger partial charge in [-0.3, -0.25) is 4.90 Å². The number of ether oxygens (including phenoxy) is 1. The Balaban J connectivity index is 0.00000208. The van der Waals surface area contributed by atoms with E-state index < -0.39 is 0 Å². The highest BCUT2D eigenvalue weighted by Gasteiger charge is 2.18. The van der Waals surface area contributed by atoms with E-state index in [4.69, 9.17) is 4.74 Å². The molecule has 4 heteroatoms. The van der Waals surface area contributed by atoms with Gasteiger partial charge in [0, 0.05) is 6.54 Å². The van der Waals surface area contributed by atoms with E-state index in [1.807, 2.05) is 13.1 Å². The maximum atomic E-state index is 5.30. The van der Waals surface area contributed by atoms with E-state index in [0.29, 0.717) is 0 Å². The van der Waals surface area contributed by atoms with Crippen LogP contribution < -0.4 is 10.1 Å². The molecule has 0 spiro atoms. The molecule has 0 saturated carbocycles. The van der Waals surface area contributed by atoms with Crippen LogP contribution in [0.25, 0.3) is 10.8 Å². The third-order valence-corrected chi connectivity index (χ3v) is 5.03. The Morgan fingerprint density at radius 2 is 1.79 bits per heavy atom. The van der Waals surface area contributed by atoms with E-state index in [2.05, 4.69) is 40.5 Å². The average Bonchev–Trinajstić information content (AvgIpc) is 2.60. The van der Waals surface area contributed by atoms with Crippen molar-refractivity contribution in [2.75, 3.05) is 33.8 Å². The molecule has 0 radical (unpaired) electrons. The number of piperidine rings is 1. The summed E-state index contributed by atoms with van der Waals surface area (Å²) < 4.78 is 5.30. The summed E-state index contributed by atoms with van der Waals surface area (Å²) in [4.78, 5) is 2.60. The molecule has 2 aromatic rings. The summed E-state index contributed by atoms with van der Waals surface area (Å²) in [5.74, 6) is 1.83. The lowest BCUT2D eigenvalue weighted by Gasteiger charge is -2.32. The fourth-order valence-electron chi connectivity index (χ4n) is 3.54. The van der Waals surface area contributed by atoms with E-state index in [0.717, 1.165) is 24.8 Å².